The molecule has 1 aromatic heterocycles. The summed E-state index contributed by atoms with van der Waals surface area (Å²) in [7, 11) is 0. The summed E-state index contributed by atoms with van der Waals surface area (Å²) in [6, 6.07) is 11.1. The minimum Gasteiger partial charge on any atom is -0.484 e. The van der Waals surface area contributed by atoms with E-state index in [4.69, 9.17) is 14.3 Å². The maximum Gasteiger partial charge on any atom is 0.573 e. The summed E-state index contributed by atoms with van der Waals surface area (Å²) >= 11 is 0. The number of carbonyl (C=O) groups is 1. The van der Waals surface area contributed by atoms with E-state index < -0.39 is 29.7 Å². The van der Waals surface area contributed by atoms with Crippen molar-refractivity contribution in [3.63, 3.8) is 0 Å². The fraction of sp³-hybridized carbons (Fsp3) is 0.238. The number of halogens is 3. The zero-order valence-corrected chi connectivity index (χ0v) is 16.2. The van der Waals surface area contributed by atoms with E-state index in [2.05, 4.69) is 10.1 Å². The van der Waals surface area contributed by atoms with Crippen LogP contribution < -0.4 is 20.4 Å². The normalized spacial score (nSPS) is 12.4. The summed E-state index contributed by atoms with van der Waals surface area (Å²) in [5.74, 6) is -0.722. The molecule has 31 heavy (non-hydrogen) atoms. The first-order valence-corrected chi connectivity index (χ1v) is 9.13. The predicted molar refractivity (Wildman–Crippen MR) is 105 cm³/mol. The van der Waals surface area contributed by atoms with Crippen LogP contribution >= 0.6 is 0 Å². The molecule has 0 aliphatic rings. The molecule has 1 heterocycles. The number of ether oxygens (including phenoxy) is 2. The van der Waals surface area contributed by atoms with E-state index in [-0.39, 0.29) is 35.6 Å². The zero-order chi connectivity index (χ0) is 22.6. The van der Waals surface area contributed by atoms with Crippen molar-refractivity contribution in [1.82, 2.24) is 5.32 Å². The molecule has 7 nitrogen and oxygen atoms in total. The van der Waals surface area contributed by atoms with Crippen LogP contribution in [0.5, 0.6) is 11.5 Å². The van der Waals surface area contributed by atoms with Gasteiger partial charge in [0, 0.05) is 23.6 Å². The molecular weight excluding hydrogens is 419 g/mol. The van der Waals surface area contributed by atoms with Crippen molar-refractivity contribution in [3.8, 4) is 22.6 Å². The van der Waals surface area contributed by atoms with Gasteiger partial charge in [-0.15, -0.1) is 13.2 Å². The number of amides is 1. The molecule has 2 N–H and O–H groups in total. The molecule has 3 aromatic rings. The molecule has 10 heteroatoms. The highest BCUT2D eigenvalue weighted by Gasteiger charge is 2.32. The van der Waals surface area contributed by atoms with Gasteiger partial charge in [0.05, 0.1) is 11.7 Å². The van der Waals surface area contributed by atoms with Gasteiger partial charge in [0.15, 0.2) is 6.61 Å². The second-order valence-electron chi connectivity index (χ2n) is 6.63. The van der Waals surface area contributed by atoms with Gasteiger partial charge >= 0.3 is 12.0 Å². The third-order valence-corrected chi connectivity index (χ3v) is 4.07. The predicted octanol–water partition coefficient (Wildman–Crippen LogP) is 3.23. The number of hydrogen-bond acceptors (Lipinski definition) is 6. The summed E-state index contributed by atoms with van der Waals surface area (Å²) in [5, 5.41) is 12.0. The molecule has 1 amide bonds. The van der Waals surface area contributed by atoms with Crippen molar-refractivity contribution < 1.29 is 37.0 Å². The van der Waals surface area contributed by atoms with Gasteiger partial charge < -0.3 is 24.3 Å². The minimum atomic E-state index is -4.92. The summed E-state index contributed by atoms with van der Waals surface area (Å²) in [4.78, 5) is 24.1. The Labute approximate surface area is 174 Å². The quantitative estimate of drug-likeness (QED) is 0.551. The Bertz CT molecular complexity index is 1140. The molecule has 0 unspecified atom stereocenters. The Morgan fingerprint density at radius 2 is 1.90 bits per heavy atom. The van der Waals surface area contributed by atoms with Gasteiger partial charge in [-0.25, -0.2) is 4.79 Å². The number of para-hydroxylation sites is 1. The van der Waals surface area contributed by atoms with Gasteiger partial charge in [0.2, 0.25) is 0 Å². The number of rotatable bonds is 7. The number of fused-ring (bicyclic) bond motifs is 1. The second-order valence-corrected chi connectivity index (χ2v) is 6.63. The van der Waals surface area contributed by atoms with Gasteiger partial charge in [-0.05, 0) is 31.2 Å². The third-order valence-electron chi connectivity index (χ3n) is 4.07. The number of alkyl halides is 3. The molecule has 0 fully saturated rings. The van der Waals surface area contributed by atoms with Gasteiger partial charge in [-0.3, -0.25) is 4.79 Å². The Kier molecular flexibility index (Phi) is 6.50. The van der Waals surface area contributed by atoms with E-state index in [0.29, 0.717) is 5.39 Å². The highest BCUT2D eigenvalue weighted by molar-refractivity contribution is 5.84. The lowest BCUT2D eigenvalue weighted by Crippen LogP contribution is -2.34. The number of aliphatic hydroxyl groups excluding tert-OH is 1. The van der Waals surface area contributed by atoms with E-state index in [0.717, 1.165) is 6.07 Å². The molecule has 0 radical (unpaired) electrons. The SMILES string of the molecule is C[C@@H](O)CNC(=O)COc1ccc2cc(-c3ccccc3OC(F)(F)F)c(=O)oc2c1. The van der Waals surface area contributed by atoms with Crippen LogP contribution in [0.1, 0.15) is 6.92 Å². The molecule has 164 valence electrons. The van der Waals surface area contributed by atoms with Crippen LogP contribution in [-0.2, 0) is 4.79 Å². The van der Waals surface area contributed by atoms with Crippen LogP contribution in [0.4, 0.5) is 13.2 Å². The van der Waals surface area contributed by atoms with Gasteiger partial charge in [-0.2, -0.15) is 0 Å². The first kappa shape index (κ1) is 22.2. The Hall–Kier alpha value is -3.53. The molecule has 0 bridgehead atoms. The lowest BCUT2D eigenvalue weighted by Gasteiger charge is -2.13. The molecular formula is C21H18F3NO6. The minimum absolute atomic E-state index is 0.0643. The Morgan fingerprint density at radius 1 is 1.16 bits per heavy atom. The molecule has 0 aliphatic heterocycles. The number of aliphatic hydroxyl groups is 1. The van der Waals surface area contributed by atoms with E-state index in [1.165, 1.54) is 49.4 Å². The largest absolute Gasteiger partial charge is 0.573 e. The van der Waals surface area contributed by atoms with Gasteiger partial charge in [-0.1, -0.05) is 18.2 Å². The fourth-order valence-electron chi connectivity index (χ4n) is 2.73. The first-order chi connectivity index (χ1) is 14.6. The average Bonchev–Trinajstić information content (AvgIpc) is 2.69. The fourth-order valence-corrected chi connectivity index (χ4v) is 2.73. The first-order valence-electron chi connectivity index (χ1n) is 9.13. The maximum absolute atomic E-state index is 12.7. The van der Waals surface area contributed by atoms with Crippen molar-refractivity contribution in [3.05, 3.63) is 59.0 Å². The van der Waals surface area contributed by atoms with Gasteiger partial charge in [0.1, 0.15) is 17.1 Å². The van der Waals surface area contributed by atoms with Crippen LogP contribution in [0.3, 0.4) is 0 Å². The van der Waals surface area contributed by atoms with Crippen molar-refractivity contribution in [2.75, 3.05) is 13.2 Å². The summed E-state index contributed by atoms with van der Waals surface area (Å²) in [6.45, 7) is 1.29. The lowest BCUT2D eigenvalue weighted by molar-refractivity contribution is -0.274. The number of benzene rings is 2. The van der Waals surface area contributed by atoms with Crippen LogP contribution in [-0.4, -0.2) is 36.6 Å². The number of hydrogen-bond donors (Lipinski definition) is 2. The van der Waals surface area contributed by atoms with Crippen LogP contribution in [0, 0.1) is 0 Å². The van der Waals surface area contributed by atoms with Crippen LogP contribution in [0.2, 0.25) is 0 Å². The van der Waals surface area contributed by atoms with E-state index in [9.17, 15) is 22.8 Å². The summed E-state index contributed by atoms with van der Waals surface area (Å²) in [5.41, 5.74) is -0.897. The van der Waals surface area contributed by atoms with Gasteiger partial charge in [0.25, 0.3) is 5.91 Å². The lowest BCUT2D eigenvalue weighted by atomic mass is 10.0. The maximum atomic E-state index is 12.7. The number of nitrogens with one attached hydrogen (secondary N) is 1. The molecule has 0 aliphatic carbocycles. The van der Waals surface area contributed by atoms with Crippen molar-refractivity contribution in [2.45, 2.75) is 19.4 Å². The molecule has 1 atom stereocenters. The van der Waals surface area contributed by atoms with Crippen molar-refractivity contribution >= 4 is 16.9 Å². The summed E-state index contributed by atoms with van der Waals surface area (Å²) < 4.78 is 52.6. The van der Waals surface area contributed by atoms with E-state index in [1.807, 2.05) is 0 Å². The highest BCUT2D eigenvalue weighted by Crippen LogP contribution is 2.33. The van der Waals surface area contributed by atoms with Crippen LogP contribution in [0.15, 0.2) is 57.7 Å². The zero-order valence-electron chi connectivity index (χ0n) is 16.2. The standard InChI is InChI=1S/C21H18F3NO6/c1-12(26)10-25-19(27)11-29-14-7-6-13-8-16(20(28)30-18(13)9-14)15-4-2-3-5-17(15)31-21(22,23)24/h2-9,12,26H,10-11H2,1H3,(H,25,27)/t12-/m1/s1. The molecule has 0 saturated heterocycles. The van der Waals surface area contributed by atoms with Crippen molar-refractivity contribution in [1.29, 1.82) is 0 Å². The van der Waals surface area contributed by atoms with Crippen LogP contribution in [0.25, 0.3) is 22.1 Å². The molecule has 3 rings (SSSR count). The summed E-state index contributed by atoms with van der Waals surface area (Å²) in [6.07, 6.45) is -5.61. The average molecular weight is 437 g/mol. The second kappa shape index (κ2) is 9.09. The molecule has 0 saturated carbocycles. The topological polar surface area (TPSA) is 98.0 Å². The van der Waals surface area contributed by atoms with Crippen molar-refractivity contribution in [2.24, 2.45) is 0 Å². The van der Waals surface area contributed by atoms with E-state index >= 15 is 0 Å². The highest BCUT2D eigenvalue weighted by atomic mass is 19.4. The smallest absolute Gasteiger partial charge is 0.484 e. The Balaban J connectivity index is 1.85. The monoisotopic (exact) mass is 437 g/mol. The van der Waals surface area contributed by atoms with E-state index in [1.54, 1.807) is 0 Å². The third kappa shape index (κ3) is 5.98. The molecule has 0 spiro atoms. The molecule has 2 aromatic carbocycles. The number of carbonyl (C=O) groups excluding carboxylic acids is 1. The Morgan fingerprint density at radius 3 is 2.61 bits per heavy atom.